The molecule has 3 rings (SSSR count). The van der Waals surface area contributed by atoms with Crippen molar-refractivity contribution < 1.29 is 9.13 Å². The highest BCUT2D eigenvalue weighted by atomic mass is 19.1. The lowest BCUT2D eigenvalue weighted by atomic mass is 10.2. The second kappa shape index (κ2) is 4.53. The van der Waals surface area contributed by atoms with Crippen LogP contribution in [0.25, 0.3) is 10.9 Å². The van der Waals surface area contributed by atoms with Crippen LogP contribution in [0.4, 0.5) is 10.1 Å². The molecule has 0 unspecified atom stereocenters. The molecule has 0 aliphatic heterocycles. The van der Waals surface area contributed by atoms with E-state index in [-0.39, 0.29) is 0 Å². The Kier molecular flexibility index (Phi) is 2.72. The van der Waals surface area contributed by atoms with E-state index in [2.05, 4.69) is 9.97 Å². The first kappa shape index (κ1) is 11.4. The number of fused-ring (bicyclic) bond motifs is 1. The average molecular weight is 255 g/mol. The molecule has 94 valence electrons. The highest BCUT2D eigenvalue weighted by molar-refractivity contribution is 5.93. The molecule has 0 spiro atoms. The summed E-state index contributed by atoms with van der Waals surface area (Å²) in [5, 5.41) is 0.786. The lowest BCUT2D eigenvalue weighted by Crippen LogP contribution is -1.93. The number of anilines is 1. The summed E-state index contributed by atoms with van der Waals surface area (Å²) in [6.45, 7) is 0. The van der Waals surface area contributed by atoms with Gasteiger partial charge < -0.3 is 10.5 Å². The van der Waals surface area contributed by atoms with Crippen molar-refractivity contribution in [3.8, 4) is 11.6 Å². The van der Waals surface area contributed by atoms with Crippen LogP contribution < -0.4 is 10.5 Å². The van der Waals surface area contributed by atoms with Crippen LogP contribution in [-0.2, 0) is 0 Å². The average Bonchev–Trinajstić information content (AvgIpc) is 2.45. The molecular formula is C14H10FN3O. The molecule has 19 heavy (non-hydrogen) atoms. The van der Waals surface area contributed by atoms with Crippen molar-refractivity contribution in [1.82, 2.24) is 9.97 Å². The summed E-state index contributed by atoms with van der Waals surface area (Å²) in [5.74, 6) is 0.490. The van der Waals surface area contributed by atoms with Gasteiger partial charge in [0.1, 0.15) is 11.6 Å². The predicted octanol–water partition coefficient (Wildman–Crippen LogP) is 3.14. The van der Waals surface area contributed by atoms with Gasteiger partial charge in [0.2, 0.25) is 5.88 Å². The number of pyridine rings is 2. The Bertz CT molecular complexity index is 728. The summed E-state index contributed by atoms with van der Waals surface area (Å²) < 4.78 is 18.4. The molecule has 4 nitrogen and oxygen atoms in total. The van der Waals surface area contributed by atoms with Crippen molar-refractivity contribution in [2.45, 2.75) is 0 Å². The molecule has 0 saturated carbocycles. The Morgan fingerprint density at radius 1 is 1.05 bits per heavy atom. The number of halogens is 1. The maximum atomic E-state index is 12.8. The number of hydrogen-bond donors (Lipinski definition) is 1. The van der Waals surface area contributed by atoms with E-state index >= 15 is 0 Å². The minimum atomic E-state index is -0.406. The predicted molar refractivity (Wildman–Crippen MR) is 70.4 cm³/mol. The Hall–Kier alpha value is -2.69. The van der Waals surface area contributed by atoms with E-state index < -0.39 is 5.82 Å². The molecule has 0 atom stereocenters. The first-order valence-corrected chi connectivity index (χ1v) is 5.66. The molecular weight excluding hydrogens is 245 g/mol. The minimum Gasteiger partial charge on any atom is -0.438 e. The van der Waals surface area contributed by atoms with Gasteiger partial charge in [-0.15, -0.1) is 0 Å². The fourth-order valence-corrected chi connectivity index (χ4v) is 1.79. The summed E-state index contributed by atoms with van der Waals surface area (Å²) in [7, 11) is 0. The van der Waals surface area contributed by atoms with E-state index in [1.54, 1.807) is 24.4 Å². The number of nitrogens with zero attached hydrogens (tertiary/aromatic N) is 2. The van der Waals surface area contributed by atoms with E-state index in [4.69, 9.17) is 10.5 Å². The summed E-state index contributed by atoms with van der Waals surface area (Å²) >= 11 is 0. The maximum Gasteiger partial charge on any atom is 0.219 e. The van der Waals surface area contributed by atoms with Crippen LogP contribution in [0.5, 0.6) is 11.6 Å². The zero-order valence-electron chi connectivity index (χ0n) is 9.88. The van der Waals surface area contributed by atoms with Crippen LogP contribution in [0.2, 0.25) is 0 Å². The molecule has 2 N–H and O–H groups in total. The fourth-order valence-electron chi connectivity index (χ4n) is 1.79. The molecule has 0 bridgehead atoms. The third-order valence-corrected chi connectivity index (χ3v) is 2.68. The van der Waals surface area contributed by atoms with Crippen LogP contribution in [-0.4, -0.2) is 9.97 Å². The second-order valence-corrected chi connectivity index (χ2v) is 3.97. The second-order valence-electron chi connectivity index (χ2n) is 3.97. The third-order valence-electron chi connectivity index (χ3n) is 2.68. The largest absolute Gasteiger partial charge is 0.438 e. The molecule has 1 aromatic carbocycles. The molecule has 2 aromatic heterocycles. The lowest BCUT2D eigenvalue weighted by molar-refractivity contribution is 0.464. The van der Waals surface area contributed by atoms with Crippen LogP contribution >= 0.6 is 0 Å². The van der Waals surface area contributed by atoms with Crippen LogP contribution in [0.15, 0.2) is 48.8 Å². The van der Waals surface area contributed by atoms with Gasteiger partial charge in [-0.2, -0.15) is 0 Å². The fraction of sp³-hybridized carbons (Fsp3) is 0. The zero-order chi connectivity index (χ0) is 13.2. The van der Waals surface area contributed by atoms with Crippen LogP contribution in [0.3, 0.4) is 0 Å². The van der Waals surface area contributed by atoms with Crippen molar-refractivity contribution in [2.75, 3.05) is 5.73 Å². The zero-order valence-corrected chi connectivity index (χ0v) is 9.88. The smallest absolute Gasteiger partial charge is 0.219 e. The van der Waals surface area contributed by atoms with Gasteiger partial charge in [-0.3, -0.25) is 4.98 Å². The minimum absolute atomic E-state index is 0.316. The van der Waals surface area contributed by atoms with Crippen LogP contribution in [0, 0.1) is 5.82 Å². The molecule has 0 fully saturated rings. The normalized spacial score (nSPS) is 10.6. The third kappa shape index (κ3) is 2.18. The Labute approximate surface area is 108 Å². The quantitative estimate of drug-likeness (QED) is 0.714. The highest BCUT2D eigenvalue weighted by Crippen LogP contribution is 2.31. The highest BCUT2D eigenvalue weighted by Gasteiger charge is 2.07. The first-order valence-electron chi connectivity index (χ1n) is 5.66. The van der Waals surface area contributed by atoms with E-state index in [1.165, 1.54) is 12.1 Å². The van der Waals surface area contributed by atoms with Gasteiger partial charge in [0, 0.05) is 17.6 Å². The van der Waals surface area contributed by atoms with Crippen LogP contribution in [0.1, 0.15) is 0 Å². The summed E-state index contributed by atoms with van der Waals surface area (Å²) in [4.78, 5) is 8.07. The van der Waals surface area contributed by atoms with Gasteiger partial charge in [-0.05, 0) is 30.3 Å². The molecule has 2 heterocycles. The van der Waals surface area contributed by atoms with Crippen molar-refractivity contribution in [1.29, 1.82) is 0 Å². The molecule has 3 aromatic rings. The number of hydrogen-bond acceptors (Lipinski definition) is 4. The molecule has 0 amide bonds. The standard InChI is InChI=1S/C14H10FN3O/c15-9-3-6-13(18-8-9)19-12-5-4-11(16)14-10(12)2-1-7-17-14/h1-8H,16H2. The van der Waals surface area contributed by atoms with Crippen molar-refractivity contribution in [3.05, 3.63) is 54.6 Å². The summed E-state index contributed by atoms with van der Waals surface area (Å²) in [6, 6.07) is 9.87. The molecule has 5 heteroatoms. The maximum absolute atomic E-state index is 12.8. The van der Waals surface area contributed by atoms with Crippen molar-refractivity contribution in [2.24, 2.45) is 0 Å². The van der Waals surface area contributed by atoms with Crippen molar-refractivity contribution in [3.63, 3.8) is 0 Å². The van der Waals surface area contributed by atoms with E-state index in [1.807, 2.05) is 6.07 Å². The number of rotatable bonds is 2. The molecule has 0 saturated heterocycles. The molecule has 0 radical (unpaired) electrons. The van der Waals surface area contributed by atoms with Gasteiger partial charge >= 0.3 is 0 Å². The SMILES string of the molecule is Nc1ccc(Oc2ccc(F)cn2)c2cccnc12. The monoisotopic (exact) mass is 255 g/mol. The van der Waals surface area contributed by atoms with Crippen molar-refractivity contribution >= 4 is 16.6 Å². The van der Waals surface area contributed by atoms with Gasteiger partial charge in [0.25, 0.3) is 0 Å². The number of benzene rings is 1. The Balaban J connectivity index is 2.06. The van der Waals surface area contributed by atoms with E-state index in [0.717, 1.165) is 11.6 Å². The van der Waals surface area contributed by atoms with Gasteiger partial charge in [-0.1, -0.05) is 0 Å². The number of nitrogen functional groups attached to an aromatic ring is 1. The van der Waals surface area contributed by atoms with E-state index in [0.29, 0.717) is 22.8 Å². The number of aromatic nitrogens is 2. The molecule has 0 aliphatic rings. The Morgan fingerprint density at radius 2 is 1.95 bits per heavy atom. The van der Waals surface area contributed by atoms with Gasteiger partial charge in [-0.25, -0.2) is 9.37 Å². The lowest BCUT2D eigenvalue weighted by Gasteiger charge is -2.08. The summed E-state index contributed by atoms with van der Waals surface area (Å²) in [6.07, 6.45) is 2.77. The first-order chi connectivity index (χ1) is 9.24. The Morgan fingerprint density at radius 3 is 2.74 bits per heavy atom. The number of nitrogens with two attached hydrogens (primary N) is 1. The summed E-state index contributed by atoms with van der Waals surface area (Å²) in [5.41, 5.74) is 7.10. The topological polar surface area (TPSA) is 61.0 Å². The molecule has 0 aliphatic carbocycles. The van der Waals surface area contributed by atoms with E-state index in [9.17, 15) is 4.39 Å². The van der Waals surface area contributed by atoms with Gasteiger partial charge in [0.05, 0.1) is 17.4 Å². The van der Waals surface area contributed by atoms with Gasteiger partial charge in [0.15, 0.2) is 0 Å². The number of ether oxygens (including phenoxy) is 1.